The number of nitrogens with one attached hydrogen (secondary N) is 3. The van der Waals surface area contributed by atoms with Crippen LogP contribution in [0.15, 0.2) is 25.0 Å². The molecule has 1 fully saturated rings. The standard InChI is InChI=1S/C17H20ClF2N9/c1-2-5-28-6-3-4-10(8-28)22-14-12-13(18)26-27-15(12)25-17(24-14)23-11-7-21-29(9-11)16(19)20/h2,7,9-10,16H,1,3-6,8H2,(H3,22,23,24,25,26,27)/t10-/m1/s1. The highest BCUT2D eigenvalue weighted by Crippen LogP contribution is 2.29. The Labute approximate surface area is 170 Å². The highest BCUT2D eigenvalue weighted by molar-refractivity contribution is 6.35. The SMILES string of the molecule is C=CCN1CCC[C@@H](Nc2nc(Nc3cnn(C(F)F)c3)nc3n[nH]c(Cl)c23)C1. The Morgan fingerprint density at radius 1 is 1.41 bits per heavy atom. The first kappa shape index (κ1) is 19.5. The van der Waals surface area contributed by atoms with Gasteiger partial charge in [0, 0.05) is 19.1 Å². The topological polar surface area (TPSA) is 99.6 Å². The van der Waals surface area contributed by atoms with Gasteiger partial charge in [0.25, 0.3) is 0 Å². The number of H-pyrrole nitrogens is 1. The molecule has 0 spiro atoms. The van der Waals surface area contributed by atoms with E-state index in [2.05, 4.69) is 47.4 Å². The number of likely N-dealkylation sites (tertiary alicyclic amines) is 1. The fourth-order valence-electron chi connectivity index (χ4n) is 3.40. The molecule has 4 heterocycles. The Hall–Kier alpha value is -2.79. The van der Waals surface area contributed by atoms with Crippen LogP contribution in [0.5, 0.6) is 0 Å². The first-order chi connectivity index (χ1) is 14.0. The van der Waals surface area contributed by atoms with Crippen LogP contribution in [0, 0.1) is 0 Å². The zero-order valence-electron chi connectivity index (χ0n) is 15.4. The maximum absolute atomic E-state index is 12.7. The highest BCUT2D eigenvalue weighted by Gasteiger charge is 2.22. The molecule has 9 nitrogen and oxygen atoms in total. The second kappa shape index (κ2) is 8.29. The van der Waals surface area contributed by atoms with Crippen LogP contribution in [0.2, 0.25) is 5.15 Å². The first-order valence-electron chi connectivity index (χ1n) is 9.14. The lowest BCUT2D eigenvalue weighted by molar-refractivity contribution is 0.0566. The molecule has 3 aromatic rings. The van der Waals surface area contributed by atoms with Crippen molar-refractivity contribution in [1.82, 2.24) is 34.8 Å². The van der Waals surface area contributed by atoms with E-state index in [1.165, 1.54) is 12.4 Å². The molecule has 12 heteroatoms. The van der Waals surface area contributed by atoms with Crippen molar-refractivity contribution in [3.05, 3.63) is 30.2 Å². The van der Waals surface area contributed by atoms with Gasteiger partial charge in [-0.25, -0.2) is 4.68 Å². The second-order valence-electron chi connectivity index (χ2n) is 6.78. The van der Waals surface area contributed by atoms with Crippen molar-refractivity contribution < 1.29 is 8.78 Å². The van der Waals surface area contributed by atoms with Crippen LogP contribution in [0.3, 0.4) is 0 Å². The summed E-state index contributed by atoms with van der Waals surface area (Å²) in [7, 11) is 0. The van der Waals surface area contributed by atoms with Crippen LogP contribution >= 0.6 is 11.6 Å². The number of halogens is 3. The minimum atomic E-state index is -2.72. The molecule has 0 aromatic carbocycles. The molecule has 4 rings (SSSR count). The number of rotatable bonds is 7. The fraction of sp³-hybridized carbons (Fsp3) is 0.412. The van der Waals surface area contributed by atoms with E-state index in [0.29, 0.717) is 32.4 Å². The summed E-state index contributed by atoms with van der Waals surface area (Å²) in [5.74, 6) is 0.735. The molecule has 0 radical (unpaired) electrons. The average molecular weight is 424 g/mol. The molecule has 0 aliphatic carbocycles. The van der Waals surface area contributed by atoms with Crippen LogP contribution in [0.1, 0.15) is 19.4 Å². The molecule has 1 saturated heterocycles. The average Bonchev–Trinajstić information content (AvgIpc) is 3.30. The lowest BCUT2D eigenvalue weighted by atomic mass is 10.1. The molecule has 0 unspecified atom stereocenters. The van der Waals surface area contributed by atoms with Crippen molar-refractivity contribution in [2.45, 2.75) is 25.4 Å². The van der Waals surface area contributed by atoms with E-state index < -0.39 is 6.55 Å². The van der Waals surface area contributed by atoms with Gasteiger partial charge in [-0.1, -0.05) is 17.7 Å². The van der Waals surface area contributed by atoms with Crippen molar-refractivity contribution in [1.29, 1.82) is 0 Å². The maximum atomic E-state index is 12.7. The lowest BCUT2D eigenvalue weighted by Crippen LogP contribution is -2.42. The second-order valence-corrected chi connectivity index (χ2v) is 7.15. The molecular formula is C17H20ClF2N9. The molecule has 1 atom stereocenters. The zero-order valence-corrected chi connectivity index (χ0v) is 16.2. The molecular weight excluding hydrogens is 404 g/mol. The van der Waals surface area contributed by atoms with Gasteiger partial charge in [-0.15, -0.1) is 6.58 Å². The monoisotopic (exact) mass is 423 g/mol. The van der Waals surface area contributed by atoms with Crippen LogP contribution in [-0.4, -0.2) is 60.5 Å². The summed E-state index contributed by atoms with van der Waals surface area (Å²) in [6.07, 6.45) is 6.38. The Balaban J connectivity index is 1.60. The summed E-state index contributed by atoms with van der Waals surface area (Å²) in [5, 5.41) is 17.6. The molecule has 3 aromatic heterocycles. The summed E-state index contributed by atoms with van der Waals surface area (Å²) in [4.78, 5) is 11.1. The number of alkyl halides is 2. The minimum Gasteiger partial charge on any atom is -0.365 e. The van der Waals surface area contributed by atoms with Gasteiger partial charge in [0.2, 0.25) is 5.95 Å². The normalized spacial score (nSPS) is 17.7. The molecule has 154 valence electrons. The first-order valence-corrected chi connectivity index (χ1v) is 9.52. The minimum absolute atomic E-state index is 0.169. The van der Waals surface area contributed by atoms with Crippen molar-refractivity contribution >= 4 is 40.1 Å². The summed E-state index contributed by atoms with van der Waals surface area (Å²) in [5.41, 5.74) is 0.710. The van der Waals surface area contributed by atoms with Crippen LogP contribution in [0.25, 0.3) is 11.0 Å². The van der Waals surface area contributed by atoms with Gasteiger partial charge in [0.1, 0.15) is 16.4 Å². The van der Waals surface area contributed by atoms with Crippen molar-refractivity contribution in [2.24, 2.45) is 0 Å². The van der Waals surface area contributed by atoms with E-state index in [-0.39, 0.29) is 12.0 Å². The largest absolute Gasteiger partial charge is 0.365 e. The number of aromatic nitrogens is 6. The van der Waals surface area contributed by atoms with Gasteiger partial charge in [-0.3, -0.25) is 10.00 Å². The highest BCUT2D eigenvalue weighted by atomic mass is 35.5. The third-order valence-electron chi connectivity index (χ3n) is 4.66. The number of piperidine rings is 1. The molecule has 0 saturated carbocycles. The molecule has 0 bridgehead atoms. The molecule has 3 N–H and O–H groups in total. The predicted octanol–water partition coefficient (Wildman–Crippen LogP) is 3.40. The van der Waals surface area contributed by atoms with Gasteiger partial charge in [-0.2, -0.15) is 28.9 Å². The van der Waals surface area contributed by atoms with E-state index >= 15 is 0 Å². The van der Waals surface area contributed by atoms with Crippen molar-refractivity contribution in [3.63, 3.8) is 0 Å². The fourth-order valence-corrected chi connectivity index (χ4v) is 3.62. The Morgan fingerprint density at radius 3 is 3.03 bits per heavy atom. The predicted molar refractivity (Wildman–Crippen MR) is 107 cm³/mol. The van der Waals surface area contributed by atoms with Crippen LogP contribution < -0.4 is 10.6 Å². The molecule has 1 aliphatic heterocycles. The van der Waals surface area contributed by atoms with Gasteiger partial charge >= 0.3 is 6.55 Å². The summed E-state index contributed by atoms with van der Waals surface area (Å²) >= 11 is 6.25. The van der Waals surface area contributed by atoms with Crippen molar-refractivity contribution in [3.8, 4) is 0 Å². The molecule has 29 heavy (non-hydrogen) atoms. The number of nitrogens with zero attached hydrogens (tertiary/aromatic N) is 6. The van der Waals surface area contributed by atoms with Gasteiger partial charge < -0.3 is 10.6 Å². The van der Waals surface area contributed by atoms with Gasteiger partial charge in [-0.05, 0) is 19.4 Å². The number of hydrogen-bond donors (Lipinski definition) is 3. The Morgan fingerprint density at radius 2 is 2.28 bits per heavy atom. The Kier molecular flexibility index (Phi) is 5.58. The van der Waals surface area contributed by atoms with E-state index in [9.17, 15) is 8.78 Å². The number of fused-ring (bicyclic) bond motifs is 1. The quantitative estimate of drug-likeness (QED) is 0.501. The number of anilines is 3. The number of hydrogen-bond acceptors (Lipinski definition) is 7. The van der Waals surface area contributed by atoms with Crippen LogP contribution in [-0.2, 0) is 0 Å². The number of aromatic amines is 1. The zero-order chi connectivity index (χ0) is 20.4. The van der Waals surface area contributed by atoms with Crippen LogP contribution in [0.4, 0.5) is 26.2 Å². The Bertz CT molecular complexity index is 1000. The maximum Gasteiger partial charge on any atom is 0.333 e. The summed E-state index contributed by atoms with van der Waals surface area (Å²) in [6.45, 7) is 3.77. The van der Waals surface area contributed by atoms with Crippen molar-refractivity contribution in [2.75, 3.05) is 30.3 Å². The smallest absolute Gasteiger partial charge is 0.333 e. The van der Waals surface area contributed by atoms with E-state index in [1.807, 2.05) is 6.08 Å². The molecule has 0 amide bonds. The van der Waals surface area contributed by atoms with E-state index in [1.54, 1.807) is 0 Å². The molecule has 1 aliphatic rings. The summed E-state index contributed by atoms with van der Waals surface area (Å²) in [6, 6.07) is 0.169. The third-order valence-corrected chi connectivity index (χ3v) is 4.93. The van der Waals surface area contributed by atoms with E-state index in [4.69, 9.17) is 11.6 Å². The lowest BCUT2D eigenvalue weighted by Gasteiger charge is -2.32. The van der Waals surface area contributed by atoms with Gasteiger partial charge in [0.05, 0.1) is 18.1 Å². The van der Waals surface area contributed by atoms with E-state index in [0.717, 1.165) is 32.5 Å². The third kappa shape index (κ3) is 4.30. The summed E-state index contributed by atoms with van der Waals surface area (Å²) < 4.78 is 26.0. The van der Waals surface area contributed by atoms with Gasteiger partial charge in [0.15, 0.2) is 5.65 Å².